The Kier molecular flexibility index (Phi) is 4.53. The second-order valence-electron chi connectivity index (χ2n) is 9.96. The molecule has 3 aliphatic rings. The first-order valence-electron chi connectivity index (χ1n) is 10.4. The van der Waals surface area contributed by atoms with Crippen molar-refractivity contribution in [3.63, 3.8) is 0 Å². The van der Waals surface area contributed by atoms with Crippen LogP contribution in [0.15, 0.2) is 35.6 Å². The first-order chi connectivity index (χ1) is 12.7. The van der Waals surface area contributed by atoms with Crippen molar-refractivity contribution in [2.75, 3.05) is 0 Å². The Labute approximate surface area is 164 Å². The first kappa shape index (κ1) is 18.8. The van der Waals surface area contributed by atoms with Gasteiger partial charge >= 0.3 is 5.97 Å². The zero-order chi connectivity index (χ0) is 19.4. The zero-order valence-electron chi connectivity index (χ0n) is 17.3. The van der Waals surface area contributed by atoms with E-state index in [2.05, 4.69) is 46.0 Å². The predicted octanol–water partition coefficient (Wildman–Crippen LogP) is 6.18. The minimum Gasteiger partial charge on any atom is -0.547 e. The molecule has 4 rings (SSSR count). The van der Waals surface area contributed by atoms with Gasteiger partial charge in [0, 0.05) is 12.3 Å². The van der Waals surface area contributed by atoms with E-state index in [0.717, 1.165) is 25.0 Å². The third-order valence-corrected chi connectivity index (χ3v) is 11.6. The molecule has 1 fully saturated rings. The smallest absolute Gasteiger partial charge is 0.315 e. The number of fused-ring (bicyclic) bond motifs is 5. The standard InChI is InChI=1S/C23H32O3Si/c1-23(2,3)27(4,5)26-20-14-18-16-11-8-9-13-19(16)25-22(24)21(18)17-12-7-6-10-15(17)20/h8-9,11,13,17-18,21H,6-7,10,12,14H2,1-5H3. The number of carbonyl (C=O) groups is 1. The van der Waals surface area contributed by atoms with Crippen LogP contribution in [0.5, 0.6) is 5.75 Å². The van der Waals surface area contributed by atoms with Crippen LogP contribution < -0.4 is 4.74 Å². The average molecular weight is 385 g/mol. The Hall–Kier alpha value is -1.55. The topological polar surface area (TPSA) is 35.5 Å². The summed E-state index contributed by atoms with van der Waals surface area (Å²) in [7, 11) is -1.91. The van der Waals surface area contributed by atoms with Crippen LogP contribution in [-0.2, 0) is 9.22 Å². The predicted molar refractivity (Wildman–Crippen MR) is 110 cm³/mol. The minimum atomic E-state index is -1.91. The maximum atomic E-state index is 12.9. The highest BCUT2D eigenvalue weighted by atomic mass is 28.4. The van der Waals surface area contributed by atoms with Gasteiger partial charge in [-0.15, -0.1) is 0 Å². The molecule has 1 aromatic carbocycles. The lowest BCUT2D eigenvalue weighted by Crippen LogP contribution is -2.45. The fraction of sp³-hybridized carbons (Fsp3) is 0.609. The van der Waals surface area contributed by atoms with Gasteiger partial charge in [-0.2, -0.15) is 0 Å². The summed E-state index contributed by atoms with van der Waals surface area (Å²) >= 11 is 0. The lowest BCUT2D eigenvalue weighted by atomic mass is 9.63. The van der Waals surface area contributed by atoms with Gasteiger partial charge < -0.3 is 9.16 Å². The maximum Gasteiger partial charge on any atom is 0.315 e. The minimum absolute atomic E-state index is 0.0329. The van der Waals surface area contributed by atoms with Crippen molar-refractivity contribution in [3.8, 4) is 5.75 Å². The van der Waals surface area contributed by atoms with Gasteiger partial charge in [-0.3, -0.25) is 4.79 Å². The number of carbonyl (C=O) groups excluding carboxylic acids is 1. The van der Waals surface area contributed by atoms with Crippen LogP contribution in [0.25, 0.3) is 0 Å². The molecule has 146 valence electrons. The van der Waals surface area contributed by atoms with E-state index in [1.165, 1.54) is 29.7 Å². The van der Waals surface area contributed by atoms with Gasteiger partial charge in [0.15, 0.2) is 0 Å². The highest BCUT2D eigenvalue weighted by molar-refractivity contribution is 6.74. The van der Waals surface area contributed by atoms with Crippen molar-refractivity contribution < 1.29 is 14.0 Å². The third kappa shape index (κ3) is 3.16. The summed E-state index contributed by atoms with van der Waals surface area (Å²) in [5.74, 6) is 2.36. The molecule has 0 aromatic heterocycles. The Bertz CT molecular complexity index is 787. The summed E-state index contributed by atoms with van der Waals surface area (Å²) in [5.41, 5.74) is 2.60. The molecule has 2 aliphatic carbocycles. The molecule has 0 radical (unpaired) electrons. The van der Waals surface area contributed by atoms with E-state index in [-0.39, 0.29) is 28.8 Å². The van der Waals surface area contributed by atoms with Crippen LogP contribution in [0.4, 0.5) is 0 Å². The van der Waals surface area contributed by atoms with Crippen molar-refractivity contribution >= 4 is 14.3 Å². The van der Waals surface area contributed by atoms with Crippen molar-refractivity contribution in [1.82, 2.24) is 0 Å². The van der Waals surface area contributed by atoms with Gasteiger partial charge in [-0.05, 0) is 60.5 Å². The first-order valence-corrected chi connectivity index (χ1v) is 13.3. The Morgan fingerprint density at radius 2 is 1.85 bits per heavy atom. The fourth-order valence-electron chi connectivity index (χ4n) is 4.78. The summed E-state index contributed by atoms with van der Waals surface area (Å²) in [4.78, 5) is 12.9. The van der Waals surface area contributed by atoms with Gasteiger partial charge in [0.25, 0.3) is 0 Å². The molecule has 1 heterocycles. The monoisotopic (exact) mass is 384 g/mol. The van der Waals surface area contributed by atoms with E-state index in [9.17, 15) is 4.79 Å². The molecular formula is C23H32O3Si. The molecule has 1 saturated carbocycles. The molecular weight excluding hydrogens is 352 g/mol. The SMILES string of the molecule is CC(C)(C)[Si](C)(C)OC1=C2CCCCC2C2C(=O)Oc3ccccc3C2C1. The molecule has 4 heteroatoms. The number of benzene rings is 1. The molecule has 0 N–H and O–H groups in total. The number of para-hydroxylation sites is 1. The molecule has 1 aromatic rings. The van der Waals surface area contributed by atoms with Crippen LogP contribution in [-0.4, -0.2) is 14.3 Å². The number of ether oxygens (including phenoxy) is 1. The van der Waals surface area contributed by atoms with Crippen molar-refractivity contribution in [3.05, 3.63) is 41.2 Å². The van der Waals surface area contributed by atoms with Gasteiger partial charge in [0.1, 0.15) is 5.75 Å². The normalized spacial score (nSPS) is 28.0. The Morgan fingerprint density at radius 1 is 1.11 bits per heavy atom. The molecule has 3 atom stereocenters. The quantitative estimate of drug-likeness (QED) is 0.347. The summed E-state index contributed by atoms with van der Waals surface area (Å²) in [6.45, 7) is 11.5. The highest BCUT2D eigenvalue weighted by Crippen LogP contribution is 2.54. The van der Waals surface area contributed by atoms with Crippen LogP contribution in [0.2, 0.25) is 18.1 Å². The Morgan fingerprint density at radius 3 is 2.59 bits per heavy atom. The van der Waals surface area contributed by atoms with E-state index >= 15 is 0 Å². The van der Waals surface area contributed by atoms with E-state index in [4.69, 9.17) is 9.16 Å². The molecule has 0 saturated heterocycles. The molecule has 27 heavy (non-hydrogen) atoms. The lowest BCUT2D eigenvalue weighted by molar-refractivity contribution is -0.143. The third-order valence-electron chi connectivity index (χ3n) is 7.28. The van der Waals surface area contributed by atoms with E-state index in [1.54, 1.807) is 0 Å². The number of hydrogen-bond donors (Lipinski definition) is 0. The van der Waals surface area contributed by atoms with Crippen molar-refractivity contribution in [1.29, 1.82) is 0 Å². The van der Waals surface area contributed by atoms with Crippen LogP contribution >= 0.6 is 0 Å². The number of esters is 1. The molecule has 1 aliphatic heterocycles. The van der Waals surface area contributed by atoms with Crippen LogP contribution in [0.1, 0.15) is 64.4 Å². The van der Waals surface area contributed by atoms with Gasteiger partial charge in [0.2, 0.25) is 8.32 Å². The Balaban J connectivity index is 1.77. The zero-order valence-corrected chi connectivity index (χ0v) is 18.3. The molecule has 3 unspecified atom stereocenters. The molecule has 0 spiro atoms. The largest absolute Gasteiger partial charge is 0.547 e. The van der Waals surface area contributed by atoms with Crippen molar-refractivity contribution in [2.45, 2.75) is 76.9 Å². The fourth-order valence-corrected chi connectivity index (χ4v) is 5.91. The van der Waals surface area contributed by atoms with E-state index in [1.807, 2.05) is 12.1 Å². The highest BCUT2D eigenvalue weighted by Gasteiger charge is 2.50. The molecule has 0 amide bonds. The number of hydrogen-bond acceptors (Lipinski definition) is 3. The van der Waals surface area contributed by atoms with Crippen molar-refractivity contribution in [2.24, 2.45) is 11.8 Å². The number of allylic oxidation sites excluding steroid dienone is 2. The van der Waals surface area contributed by atoms with Gasteiger partial charge in [0.05, 0.1) is 11.7 Å². The lowest BCUT2D eigenvalue weighted by Gasteiger charge is -2.47. The van der Waals surface area contributed by atoms with Gasteiger partial charge in [-0.25, -0.2) is 0 Å². The average Bonchev–Trinajstić information content (AvgIpc) is 2.60. The van der Waals surface area contributed by atoms with E-state index < -0.39 is 8.32 Å². The van der Waals surface area contributed by atoms with E-state index in [0.29, 0.717) is 0 Å². The van der Waals surface area contributed by atoms with Gasteiger partial charge in [-0.1, -0.05) is 45.4 Å². The summed E-state index contributed by atoms with van der Waals surface area (Å²) in [5, 5.41) is 0.172. The summed E-state index contributed by atoms with van der Waals surface area (Å²) in [6.07, 6.45) is 5.40. The maximum absolute atomic E-state index is 12.9. The number of rotatable bonds is 2. The second kappa shape index (κ2) is 6.51. The van der Waals surface area contributed by atoms with Crippen LogP contribution in [0, 0.1) is 11.8 Å². The summed E-state index contributed by atoms with van der Waals surface area (Å²) in [6, 6.07) is 8.07. The summed E-state index contributed by atoms with van der Waals surface area (Å²) < 4.78 is 12.6. The van der Waals surface area contributed by atoms with Crippen LogP contribution in [0.3, 0.4) is 0 Å². The second-order valence-corrected chi connectivity index (χ2v) is 14.7. The molecule has 0 bridgehead atoms. The molecule has 3 nitrogen and oxygen atoms in total.